The van der Waals surface area contributed by atoms with Gasteiger partial charge < -0.3 is 15.8 Å². The lowest BCUT2D eigenvalue weighted by atomic mass is 9.89. The summed E-state index contributed by atoms with van der Waals surface area (Å²) in [5.41, 5.74) is 6.48. The van der Waals surface area contributed by atoms with E-state index in [0.29, 0.717) is 12.8 Å². The van der Waals surface area contributed by atoms with Gasteiger partial charge in [-0.3, -0.25) is 4.79 Å². The maximum atomic E-state index is 12.0. The molecule has 0 bridgehead atoms. The molecule has 0 saturated heterocycles. The van der Waals surface area contributed by atoms with E-state index in [0.717, 1.165) is 17.7 Å². The van der Waals surface area contributed by atoms with E-state index in [1.165, 1.54) is 0 Å². The van der Waals surface area contributed by atoms with Gasteiger partial charge in [0.15, 0.2) is 0 Å². The average molecular weight is 276 g/mol. The highest BCUT2D eigenvalue weighted by Crippen LogP contribution is 2.39. The Balaban J connectivity index is 2.09. The maximum Gasteiger partial charge on any atom is 0.220 e. The summed E-state index contributed by atoms with van der Waals surface area (Å²) < 4.78 is 5.96. The second kappa shape index (κ2) is 5.83. The lowest BCUT2D eigenvalue weighted by molar-refractivity contribution is -0.122. The minimum atomic E-state index is -0.270. The van der Waals surface area contributed by atoms with Crippen LogP contribution in [0.3, 0.4) is 0 Å². The predicted molar refractivity (Wildman–Crippen MR) is 79.5 cm³/mol. The zero-order chi connectivity index (χ0) is 14.8. The molecule has 0 spiro atoms. The number of nitrogens with two attached hydrogens (primary N) is 1. The van der Waals surface area contributed by atoms with Gasteiger partial charge in [-0.1, -0.05) is 18.2 Å². The van der Waals surface area contributed by atoms with Gasteiger partial charge in [0.2, 0.25) is 5.91 Å². The van der Waals surface area contributed by atoms with Gasteiger partial charge in [-0.05, 0) is 33.3 Å². The Bertz CT molecular complexity index is 483. The largest absolute Gasteiger partial charge is 0.487 e. The highest BCUT2D eigenvalue weighted by atomic mass is 16.5. The van der Waals surface area contributed by atoms with Crippen LogP contribution in [-0.2, 0) is 4.79 Å². The summed E-state index contributed by atoms with van der Waals surface area (Å²) in [6.07, 6.45) is 1.95. The number of nitrogens with one attached hydrogen (secondary N) is 1. The molecule has 4 heteroatoms. The normalized spacial score (nSPS) is 21.5. The molecule has 4 nitrogen and oxygen atoms in total. The molecule has 2 atom stereocenters. The van der Waals surface area contributed by atoms with Gasteiger partial charge in [0, 0.05) is 24.4 Å². The first-order valence-electron chi connectivity index (χ1n) is 7.20. The van der Waals surface area contributed by atoms with Crippen molar-refractivity contribution in [2.45, 2.75) is 57.7 Å². The molecule has 0 aromatic heterocycles. The molecule has 0 radical (unpaired) electrons. The Kier molecular flexibility index (Phi) is 4.33. The second-order valence-corrected chi connectivity index (χ2v) is 6.24. The van der Waals surface area contributed by atoms with Crippen molar-refractivity contribution in [3.63, 3.8) is 0 Å². The number of carbonyl (C=O) groups excluding carboxylic acids is 1. The highest BCUT2D eigenvalue weighted by molar-refractivity contribution is 5.76. The van der Waals surface area contributed by atoms with Crippen LogP contribution in [0.4, 0.5) is 0 Å². The zero-order valence-electron chi connectivity index (χ0n) is 12.5. The third-order valence-corrected chi connectivity index (χ3v) is 3.54. The molecular weight excluding hydrogens is 252 g/mol. The first-order chi connectivity index (χ1) is 9.37. The predicted octanol–water partition coefficient (Wildman–Crippen LogP) is 2.53. The fraction of sp³-hybridized carbons (Fsp3) is 0.562. The molecule has 0 saturated carbocycles. The number of amides is 1. The fourth-order valence-corrected chi connectivity index (χ4v) is 2.56. The van der Waals surface area contributed by atoms with Crippen molar-refractivity contribution in [3.05, 3.63) is 29.8 Å². The lowest BCUT2D eigenvalue weighted by Crippen LogP contribution is -2.41. The molecule has 1 aliphatic heterocycles. The number of carbonyl (C=O) groups is 1. The van der Waals surface area contributed by atoms with Gasteiger partial charge in [-0.2, -0.15) is 0 Å². The van der Waals surface area contributed by atoms with E-state index < -0.39 is 0 Å². The van der Waals surface area contributed by atoms with E-state index in [1.54, 1.807) is 0 Å². The standard InChI is InChI=1S/C16H24N2O2/c1-11(17)8-9-15(19)18-13-10-16(2,3)20-14-7-5-4-6-12(13)14/h4-7,11,13H,8-10,17H2,1-3H3,(H,18,19). The zero-order valence-corrected chi connectivity index (χ0v) is 12.5. The summed E-state index contributed by atoms with van der Waals surface area (Å²) in [6.45, 7) is 6.01. The van der Waals surface area contributed by atoms with Crippen LogP contribution in [0.15, 0.2) is 24.3 Å². The summed E-state index contributed by atoms with van der Waals surface area (Å²) in [5, 5.41) is 3.11. The topological polar surface area (TPSA) is 64.4 Å². The van der Waals surface area contributed by atoms with Crippen LogP contribution >= 0.6 is 0 Å². The van der Waals surface area contributed by atoms with Crippen molar-refractivity contribution in [1.29, 1.82) is 0 Å². The lowest BCUT2D eigenvalue weighted by Gasteiger charge is -2.37. The van der Waals surface area contributed by atoms with Crippen LogP contribution in [0.5, 0.6) is 5.75 Å². The second-order valence-electron chi connectivity index (χ2n) is 6.24. The smallest absolute Gasteiger partial charge is 0.220 e. The minimum absolute atomic E-state index is 0.00975. The summed E-state index contributed by atoms with van der Waals surface area (Å²) in [7, 11) is 0. The molecule has 1 amide bonds. The molecule has 0 fully saturated rings. The molecule has 1 aliphatic rings. The molecular formula is C16H24N2O2. The Morgan fingerprint density at radius 3 is 2.90 bits per heavy atom. The Morgan fingerprint density at radius 2 is 2.20 bits per heavy atom. The van der Waals surface area contributed by atoms with Crippen molar-refractivity contribution < 1.29 is 9.53 Å². The van der Waals surface area contributed by atoms with Gasteiger partial charge in [0.05, 0.1) is 6.04 Å². The first-order valence-corrected chi connectivity index (χ1v) is 7.20. The Hall–Kier alpha value is -1.55. The SMILES string of the molecule is CC(N)CCC(=O)NC1CC(C)(C)Oc2ccccc21. The quantitative estimate of drug-likeness (QED) is 0.888. The molecule has 110 valence electrons. The van der Waals surface area contributed by atoms with Crippen LogP contribution in [0.1, 0.15) is 51.6 Å². The van der Waals surface area contributed by atoms with Crippen molar-refractivity contribution >= 4 is 5.91 Å². The van der Waals surface area contributed by atoms with E-state index in [1.807, 2.05) is 45.0 Å². The van der Waals surface area contributed by atoms with E-state index >= 15 is 0 Å². The van der Waals surface area contributed by atoms with Crippen molar-refractivity contribution in [2.75, 3.05) is 0 Å². The van der Waals surface area contributed by atoms with E-state index in [2.05, 4.69) is 5.32 Å². The van der Waals surface area contributed by atoms with Crippen molar-refractivity contribution in [1.82, 2.24) is 5.32 Å². The van der Waals surface area contributed by atoms with Gasteiger partial charge in [-0.25, -0.2) is 0 Å². The maximum absolute atomic E-state index is 12.0. The number of ether oxygens (including phenoxy) is 1. The van der Waals surface area contributed by atoms with E-state index in [-0.39, 0.29) is 23.6 Å². The van der Waals surface area contributed by atoms with Crippen molar-refractivity contribution in [3.8, 4) is 5.75 Å². The van der Waals surface area contributed by atoms with Crippen LogP contribution in [0.25, 0.3) is 0 Å². The Labute approximate surface area is 120 Å². The number of para-hydroxylation sites is 1. The molecule has 2 unspecified atom stereocenters. The molecule has 1 heterocycles. The van der Waals surface area contributed by atoms with E-state index in [9.17, 15) is 4.79 Å². The summed E-state index contributed by atoms with van der Waals surface area (Å²) in [6, 6.07) is 7.96. The first kappa shape index (κ1) is 14.9. The molecule has 3 N–H and O–H groups in total. The summed E-state index contributed by atoms with van der Waals surface area (Å²) in [5.74, 6) is 0.918. The number of fused-ring (bicyclic) bond motifs is 1. The van der Waals surface area contributed by atoms with Gasteiger partial charge in [0.1, 0.15) is 11.4 Å². The Morgan fingerprint density at radius 1 is 1.50 bits per heavy atom. The molecule has 2 rings (SSSR count). The van der Waals surface area contributed by atoms with Gasteiger partial charge in [0.25, 0.3) is 0 Å². The van der Waals surface area contributed by atoms with E-state index in [4.69, 9.17) is 10.5 Å². The average Bonchev–Trinajstić information content (AvgIpc) is 2.35. The van der Waals surface area contributed by atoms with Crippen LogP contribution in [0, 0.1) is 0 Å². The molecule has 1 aromatic carbocycles. The molecule has 20 heavy (non-hydrogen) atoms. The van der Waals surface area contributed by atoms with Crippen LogP contribution < -0.4 is 15.8 Å². The van der Waals surface area contributed by atoms with Gasteiger partial charge >= 0.3 is 0 Å². The fourth-order valence-electron chi connectivity index (χ4n) is 2.56. The number of hydrogen-bond donors (Lipinski definition) is 2. The molecule has 1 aromatic rings. The number of rotatable bonds is 4. The number of benzene rings is 1. The van der Waals surface area contributed by atoms with Crippen molar-refractivity contribution in [2.24, 2.45) is 5.73 Å². The van der Waals surface area contributed by atoms with Crippen LogP contribution in [0.2, 0.25) is 0 Å². The monoisotopic (exact) mass is 276 g/mol. The summed E-state index contributed by atoms with van der Waals surface area (Å²) >= 11 is 0. The number of hydrogen-bond acceptors (Lipinski definition) is 3. The third kappa shape index (κ3) is 3.73. The van der Waals surface area contributed by atoms with Crippen LogP contribution in [-0.4, -0.2) is 17.6 Å². The highest BCUT2D eigenvalue weighted by Gasteiger charge is 2.34. The minimum Gasteiger partial charge on any atom is -0.487 e. The van der Waals surface area contributed by atoms with Gasteiger partial charge in [-0.15, -0.1) is 0 Å². The third-order valence-electron chi connectivity index (χ3n) is 3.54. The summed E-state index contributed by atoms with van der Waals surface area (Å²) in [4.78, 5) is 12.0. The molecule has 0 aliphatic carbocycles.